The molecule has 16 nitrogen and oxygen atoms in total. The van der Waals surface area contributed by atoms with Crippen LogP contribution in [-0.4, -0.2) is 128 Å². The minimum atomic E-state index is -1.09. The second-order valence-corrected chi connectivity index (χ2v) is 25.7. The fraction of sp³-hybridized carbons (Fsp3) is 0.750. The van der Waals surface area contributed by atoms with Crippen molar-refractivity contribution in [3.05, 3.63) is 58.7 Å². The van der Waals surface area contributed by atoms with Crippen LogP contribution in [0, 0.1) is 22.7 Å². The number of hydrogen-bond acceptors (Lipinski definition) is 14. The summed E-state index contributed by atoms with van der Waals surface area (Å²) in [5.74, 6) is -3.90. The number of benzene rings is 2. The number of aryl methyl sites for hydroxylation is 2. The second kappa shape index (κ2) is 31.8. The molecule has 14 atom stereocenters. The van der Waals surface area contributed by atoms with Gasteiger partial charge in [0.05, 0.1) is 71.9 Å². The number of cyclic esters (lactones) is 2. The maximum absolute atomic E-state index is 14.4. The third-order valence-electron chi connectivity index (χ3n) is 18.6. The molecule has 0 spiro atoms. The first-order valence-corrected chi connectivity index (χ1v) is 30.6. The van der Waals surface area contributed by atoms with Crippen molar-refractivity contribution in [2.24, 2.45) is 22.7 Å². The summed E-state index contributed by atoms with van der Waals surface area (Å²) in [7, 11) is 0. The van der Waals surface area contributed by atoms with E-state index in [-0.39, 0.29) is 155 Å². The molecule has 448 valence electrons. The average molecular weight is 1210 g/mol. The van der Waals surface area contributed by atoms with Gasteiger partial charge in [-0.25, -0.2) is 9.59 Å². The molecule has 0 aromatic heterocycles. The van der Waals surface area contributed by atoms with Crippen LogP contribution in [-0.2, 0) is 50.9 Å². The third-order valence-corrected chi connectivity index (χ3v) is 18.6. The van der Waals surface area contributed by atoms with Crippen LogP contribution >= 0.6 is 0 Å². The molecule has 0 aliphatic carbocycles. The van der Waals surface area contributed by atoms with E-state index in [2.05, 4.69) is 0 Å². The zero-order chi connectivity index (χ0) is 57.7. The van der Waals surface area contributed by atoms with Crippen molar-refractivity contribution in [3.8, 4) is 11.5 Å². The Balaban J connectivity index is 0.0000106. The van der Waals surface area contributed by atoms with Gasteiger partial charge in [0.1, 0.15) is 34.8 Å². The SMILES string of the molecule is C[C@H]1CC[C@@H]2CCC[C@H](CCCc3cccc(O)c3C(=O)O[C@H](C[C@@H](O)C[C@@H]3CCC[C@H](C(C)(C)C(=O)O)O3)[C@@H](C)CC[C@@H]3CCC[C@H](CCCc4cccc(O)c4C(=O)O[C@@H]1C[C@@H](O)C[C@@H]1CCC[C@H](C(C)(C)C(=O)O)O1)O3)O2.[Rb+]. The quantitative estimate of drug-likeness (QED) is 0.109. The number of aliphatic carboxylic acids is 2. The summed E-state index contributed by atoms with van der Waals surface area (Å²) in [5.41, 5.74) is -0.609. The first kappa shape index (κ1) is 67.6. The first-order chi connectivity index (χ1) is 38.1. The number of aromatic hydroxyl groups is 2. The zero-order valence-electron chi connectivity index (χ0n) is 49.7. The number of aliphatic hydroxyl groups excluding tert-OH is 2. The zero-order valence-corrected chi connectivity index (χ0v) is 54.6. The fourth-order valence-electron chi connectivity index (χ4n) is 13.2. The molecule has 2 aromatic rings. The van der Waals surface area contributed by atoms with Crippen LogP contribution in [0.15, 0.2) is 36.4 Å². The van der Waals surface area contributed by atoms with Gasteiger partial charge in [0.15, 0.2) is 0 Å². The molecule has 5 heterocycles. The van der Waals surface area contributed by atoms with Crippen LogP contribution < -0.4 is 58.2 Å². The summed E-state index contributed by atoms with van der Waals surface area (Å²) in [5, 5.41) is 65.8. The second-order valence-electron chi connectivity index (χ2n) is 25.7. The number of carbonyl (C=O) groups excluding carboxylic acids is 2. The standard InChI is InChI=1S/C64H96O16.Rb/c1-39-31-33-47-23-11-21-45(75-47)19-8-16-42-18-10-28-52(68)58(42)60(70)80-54(38-44(66)36-50-26-14-30-56(78-50)64(5,6)62(73)74)40(2)32-34-48-24-12-22-46(76-48)20-7-15-41-17-9-27-51(67)57(41)59(69)79-53(39)37-43(65)35-49-25-13-29-55(77-49)63(3,4)61(71)72;/h9-10,17-18,27-28,39-40,43-50,53-56,65-68H,7-8,11-16,19-26,29-38H2,1-6H3,(H,71,72)(H,73,74);/q;+1/t39-,40-,43-,44-,45-,46-,47-,48-,49-,50-,53+,54+,55+,56+;/m0./s1. The van der Waals surface area contributed by atoms with Crippen molar-refractivity contribution >= 4 is 23.9 Å². The van der Waals surface area contributed by atoms with Gasteiger partial charge in [-0.1, -0.05) is 38.1 Å². The van der Waals surface area contributed by atoms with Gasteiger partial charge in [-0.05, 0) is 217 Å². The Morgan fingerprint density at radius 1 is 0.494 bits per heavy atom. The van der Waals surface area contributed by atoms with Crippen LogP contribution in [0.3, 0.4) is 0 Å². The van der Waals surface area contributed by atoms with E-state index in [1.165, 1.54) is 12.1 Å². The van der Waals surface area contributed by atoms with Crippen LogP contribution in [0.5, 0.6) is 11.5 Å². The van der Waals surface area contributed by atoms with E-state index in [9.17, 15) is 49.8 Å². The molecular formula is C64H96O16Rb+. The molecule has 81 heavy (non-hydrogen) atoms. The average Bonchev–Trinajstić information content (AvgIpc) is 3.42. The number of rotatable bonds is 12. The number of carboxylic acids is 2. The van der Waals surface area contributed by atoms with E-state index >= 15 is 0 Å². The normalized spacial score (nSPS) is 31.0. The molecule has 7 rings (SSSR count). The van der Waals surface area contributed by atoms with Crippen molar-refractivity contribution in [2.45, 2.75) is 282 Å². The molecule has 6 N–H and O–H groups in total. The third kappa shape index (κ3) is 19.2. The van der Waals surface area contributed by atoms with Crippen LogP contribution in [0.1, 0.15) is 227 Å². The van der Waals surface area contributed by atoms with E-state index in [0.29, 0.717) is 88.2 Å². The summed E-state index contributed by atoms with van der Waals surface area (Å²) in [6.45, 7) is 10.7. The topological polar surface area (TPSA) is 245 Å². The number of aliphatic hydroxyl groups is 2. The van der Waals surface area contributed by atoms with E-state index in [1.807, 2.05) is 26.0 Å². The van der Waals surface area contributed by atoms with E-state index in [4.69, 9.17) is 28.4 Å². The first-order valence-electron chi connectivity index (χ1n) is 30.6. The molecule has 0 amide bonds. The maximum Gasteiger partial charge on any atom is 1.00 e. The van der Waals surface area contributed by atoms with Crippen LogP contribution in [0.4, 0.5) is 0 Å². The summed E-state index contributed by atoms with van der Waals surface area (Å²) in [6.07, 6.45) is 11.7. The van der Waals surface area contributed by atoms with Crippen molar-refractivity contribution in [1.29, 1.82) is 0 Å². The Hall–Kier alpha value is -2.51. The number of phenols is 2. The predicted octanol–water partition coefficient (Wildman–Crippen LogP) is 8.60. The minimum Gasteiger partial charge on any atom is -0.507 e. The molecule has 4 bridgehead atoms. The van der Waals surface area contributed by atoms with Crippen molar-refractivity contribution in [1.82, 2.24) is 0 Å². The van der Waals surface area contributed by atoms with E-state index in [1.54, 1.807) is 39.8 Å². The van der Waals surface area contributed by atoms with Crippen LogP contribution in [0.2, 0.25) is 0 Å². The Kier molecular flexibility index (Phi) is 26.5. The summed E-state index contributed by atoms with van der Waals surface area (Å²) < 4.78 is 38.9. The summed E-state index contributed by atoms with van der Waals surface area (Å²) >= 11 is 0. The molecule has 4 saturated heterocycles. The van der Waals surface area contributed by atoms with Gasteiger partial charge < -0.3 is 59.1 Å². The van der Waals surface area contributed by atoms with Crippen molar-refractivity contribution in [3.63, 3.8) is 0 Å². The molecule has 17 heteroatoms. The molecule has 0 unspecified atom stereocenters. The van der Waals surface area contributed by atoms with Crippen molar-refractivity contribution in [2.75, 3.05) is 0 Å². The monoisotopic (exact) mass is 1210 g/mol. The smallest absolute Gasteiger partial charge is 0.507 e. The number of hydrogen-bond donors (Lipinski definition) is 6. The number of carbonyl (C=O) groups is 4. The molecule has 0 radical (unpaired) electrons. The summed E-state index contributed by atoms with van der Waals surface area (Å²) in [6, 6.07) is 10.2. The largest absolute Gasteiger partial charge is 1.00 e. The maximum atomic E-state index is 14.4. The molecule has 4 fully saturated rings. The predicted molar refractivity (Wildman–Crippen MR) is 301 cm³/mol. The number of esters is 2. The van der Waals surface area contributed by atoms with Gasteiger partial charge in [0, 0.05) is 12.8 Å². The number of ether oxygens (including phenoxy) is 6. The van der Waals surface area contributed by atoms with Crippen LogP contribution in [0.25, 0.3) is 0 Å². The Morgan fingerprint density at radius 2 is 0.840 bits per heavy atom. The fourth-order valence-corrected chi connectivity index (χ4v) is 13.2. The molecule has 5 aliphatic rings. The molecular weight excluding hydrogens is 1110 g/mol. The molecule has 5 aliphatic heterocycles. The number of phenolic OH excluding ortho intramolecular Hbond substituents is 2. The van der Waals surface area contributed by atoms with Gasteiger partial charge in [0.25, 0.3) is 0 Å². The Bertz CT molecular complexity index is 2180. The number of carboxylic acid groups (broad SMARTS) is 2. The van der Waals surface area contributed by atoms with Gasteiger partial charge in [-0.3, -0.25) is 9.59 Å². The number of fused-ring (bicyclic) bond motifs is 6. The molecule has 2 aromatic carbocycles. The Labute approximate surface area is 530 Å². The van der Waals surface area contributed by atoms with E-state index < -0.39 is 71.3 Å². The van der Waals surface area contributed by atoms with Crippen molar-refractivity contribution < 1.29 is 136 Å². The minimum absolute atomic E-state index is 0. The van der Waals surface area contributed by atoms with E-state index in [0.717, 1.165) is 64.2 Å². The Morgan fingerprint density at radius 3 is 1.21 bits per heavy atom. The van der Waals surface area contributed by atoms with Gasteiger partial charge in [-0.2, -0.15) is 0 Å². The summed E-state index contributed by atoms with van der Waals surface area (Å²) in [4.78, 5) is 53.1. The van der Waals surface area contributed by atoms with Gasteiger partial charge in [-0.15, -0.1) is 0 Å². The molecule has 0 saturated carbocycles. The van der Waals surface area contributed by atoms with Gasteiger partial charge in [0.2, 0.25) is 0 Å². The van der Waals surface area contributed by atoms with Gasteiger partial charge >= 0.3 is 82.1 Å².